The molecule has 0 aliphatic heterocycles. The number of H-pyrrole nitrogens is 1. The Morgan fingerprint density at radius 2 is 2.00 bits per heavy atom. The summed E-state index contributed by atoms with van der Waals surface area (Å²) in [6.07, 6.45) is 0. The Hall–Kier alpha value is -3.05. The number of aryl methyl sites for hydroxylation is 1. The predicted octanol–water partition coefficient (Wildman–Crippen LogP) is -0.762. The third kappa shape index (κ3) is 1.70. The van der Waals surface area contributed by atoms with Gasteiger partial charge in [0.2, 0.25) is 0 Å². The monoisotopic (exact) mass is 255 g/mol. The zero-order valence-corrected chi connectivity index (χ0v) is 8.78. The minimum Gasteiger partial charge on any atom is -0.259 e. The molecule has 0 atom stereocenters. The van der Waals surface area contributed by atoms with Crippen LogP contribution in [0, 0.1) is 27.2 Å². The lowest BCUT2D eigenvalue weighted by Crippen LogP contribution is -2.20. The van der Waals surface area contributed by atoms with Crippen LogP contribution in [0.1, 0.15) is 5.69 Å². The van der Waals surface area contributed by atoms with E-state index >= 15 is 0 Å². The second kappa shape index (κ2) is 3.76. The number of anilines is 1. The van der Waals surface area contributed by atoms with E-state index in [9.17, 15) is 25.0 Å². The summed E-state index contributed by atoms with van der Waals surface area (Å²) in [7, 11) is 0. The highest BCUT2D eigenvalue weighted by molar-refractivity contribution is 5.42. The first-order valence-electron chi connectivity index (χ1n) is 4.45. The van der Waals surface area contributed by atoms with Gasteiger partial charge in [-0.3, -0.25) is 20.0 Å². The van der Waals surface area contributed by atoms with Crippen molar-refractivity contribution in [1.82, 2.24) is 19.6 Å². The van der Waals surface area contributed by atoms with Gasteiger partial charge < -0.3 is 0 Å². The summed E-state index contributed by atoms with van der Waals surface area (Å²) >= 11 is 0. The number of fused-ring (bicyclic) bond motifs is 1. The molecule has 0 unspecified atom stereocenters. The number of rotatable bonds is 3. The zero-order chi connectivity index (χ0) is 13.4. The van der Waals surface area contributed by atoms with Crippen LogP contribution in [0.4, 0.5) is 11.6 Å². The molecule has 2 rings (SSSR count). The normalized spacial score (nSPS) is 10.5. The molecule has 2 heterocycles. The van der Waals surface area contributed by atoms with E-state index in [1.807, 2.05) is 0 Å². The van der Waals surface area contributed by atoms with Gasteiger partial charge >= 0.3 is 11.2 Å². The second-order valence-electron chi connectivity index (χ2n) is 3.18. The fourth-order valence-corrected chi connectivity index (χ4v) is 1.36. The van der Waals surface area contributed by atoms with Gasteiger partial charge in [-0.25, -0.2) is 15.1 Å². The summed E-state index contributed by atoms with van der Waals surface area (Å²) in [6.45, 7) is 1.27. The van der Waals surface area contributed by atoms with Crippen molar-refractivity contribution in [1.29, 1.82) is 0 Å². The van der Waals surface area contributed by atoms with E-state index in [-0.39, 0.29) is 17.4 Å². The molecule has 0 fully saturated rings. The van der Waals surface area contributed by atoms with Gasteiger partial charge in [-0.2, -0.15) is 9.50 Å². The number of aromatic nitrogens is 4. The zero-order valence-electron chi connectivity index (χ0n) is 8.78. The van der Waals surface area contributed by atoms with Gasteiger partial charge in [0.25, 0.3) is 11.7 Å². The summed E-state index contributed by atoms with van der Waals surface area (Å²) < 4.78 is 0.650. The fourth-order valence-electron chi connectivity index (χ4n) is 1.36. The van der Waals surface area contributed by atoms with Crippen LogP contribution in [0.15, 0.2) is 4.79 Å². The van der Waals surface area contributed by atoms with E-state index < -0.39 is 21.2 Å². The van der Waals surface area contributed by atoms with E-state index in [0.29, 0.717) is 4.52 Å². The number of hydrogen-bond acceptors (Lipinski definition) is 7. The van der Waals surface area contributed by atoms with E-state index in [4.69, 9.17) is 0 Å². The van der Waals surface area contributed by atoms with Crippen molar-refractivity contribution < 1.29 is 9.96 Å². The molecule has 2 N–H and O–H groups in total. The van der Waals surface area contributed by atoms with Crippen molar-refractivity contribution in [3.8, 4) is 0 Å². The number of nitrogens with zero attached hydrogens (tertiary/aromatic N) is 5. The van der Waals surface area contributed by atoms with Crippen LogP contribution in [0.25, 0.3) is 5.78 Å². The third-order valence-electron chi connectivity index (χ3n) is 2.03. The third-order valence-corrected chi connectivity index (χ3v) is 2.03. The fraction of sp³-hybridized carbons (Fsp3) is 0.167. The molecule has 0 saturated heterocycles. The molecule has 0 radical (unpaired) electrons. The summed E-state index contributed by atoms with van der Waals surface area (Å²) in [5.41, 5.74) is -0.158. The molecular weight excluding hydrogens is 250 g/mol. The Balaban J connectivity index is 2.71. The lowest BCUT2D eigenvalue weighted by molar-refractivity contribution is -0.446. The van der Waals surface area contributed by atoms with Crippen molar-refractivity contribution >= 4 is 17.4 Å². The molecule has 0 aliphatic rings. The maximum atomic E-state index is 11.7. The smallest absolute Gasteiger partial charge is 0.259 e. The van der Waals surface area contributed by atoms with Crippen molar-refractivity contribution in [2.45, 2.75) is 6.92 Å². The average molecular weight is 255 g/mol. The minimum atomic E-state index is -0.994. The van der Waals surface area contributed by atoms with E-state index in [1.54, 1.807) is 5.43 Å². The molecule has 0 saturated carbocycles. The summed E-state index contributed by atoms with van der Waals surface area (Å²) in [5, 5.41) is 22.1. The van der Waals surface area contributed by atoms with Gasteiger partial charge in [-0.05, 0) is 6.92 Å². The number of nitrogens with one attached hydrogen (secondary N) is 2. The molecule has 2 aromatic rings. The van der Waals surface area contributed by atoms with Gasteiger partial charge in [0.05, 0.1) is 4.92 Å². The first kappa shape index (κ1) is 11.4. The molecule has 2 aromatic heterocycles. The van der Waals surface area contributed by atoms with E-state index in [1.165, 1.54) is 6.92 Å². The van der Waals surface area contributed by atoms with Gasteiger partial charge in [-0.15, -0.1) is 0 Å². The molecule has 18 heavy (non-hydrogen) atoms. The number of hydrogen-bond donors (Lipinski definition) is 2. The maximum absolute atomic E-state index is 11.7. The van der Waals surface area contributed by atoms with Crippen LogP contribution >= 0.6 is 0 Å². The second-order valence-corrected chi connectivity index (χ2v) is 3.18. The van der Waals surface area contributed by atoms with Crippen molar-refractivity contribution in [2.24, 2.45) is 0 Å². The molecule has 12 nitrogen and oxygen atoms in total. The van der Waals surface area contributed by atoms with Crippen LogP contribution in [-0.4, -0.2) is 29.5 Å². The summed E-state index contributed by atoms with van der Waals surface area (Å²) in [5.74, 6) is -0.558. The van der Waals surface area contributed by atoms with Crippen LogP contribution in [0.5, 0.6) is 0 Å². The average Bonchev–Trinajstić information content (AvgIpc) is 2.58. The molecule has 0 amide bonds. The van der Waals surface area contributed by atoms with Crippen LogP contribution < -0.4 is 11.0 Å². The standard InChI is InChI=1S/C6H5N7O5/c1-2-3(12(15)16)4(14)11-6(7-2)8-5(9-11)10-13(17)18/h1H3,(H2,7,8,9,10). The predicted molar refractivity (Wildman–Crippen MR) is 55.6 cm³/mol. The van der Waals surface area contributed by atoms with Crippen LogP contribution in [-0.2, 0) is 0 Å². The number of hydrazine groups is 1. The summed E-state index contributed by atoms with van der Waals surface area (Å²) in [4.78, 5) is 39.0. The van der Waals surface area contributed by atoms with E-state index in [0.717, 1.165) is 0 Å². The van der Waals surface area contributed by atoms with Crippen molar-refractivity contribution in [2.75, 3.05) is 5.43 Å². The Bertz CT molecular complexity index is 715. The quantitative estimate of drug-likeness (QED) is 0.533. The van der Waals surface area contributed by atoms with E-state index in [2.05, 4.69) is 15.1 Å². The molecule has 94 valence electrons. The number of nitro groups is 2. The Morgan fingerprint density at radius 3 is 2.56 bits per heavy atom. The van der Waals surface area contributed by atoms with Gasteiger partial charge in [0.15, 0.2) is 5.03 Å². The molecular formula is C6H5N7O5. The topological polar surface area (TPSA) is 161 Å². The SMILES string of the molecule is Cc1nc2nc(N[N+](=O)[O-])[nH]n2c(=O)c1[N+](=O)[O-]. The summed E-state index contributed by atoms with van der Waals surface area (Å²) in [6, 6.07) is 0. The van der Waals surface area contributed by atoms with Gasteiger partial charge in [0, 0.05) is 0 Å². The highest BCUT2D eigenvalue weighted by Gasteiger charge is 2.22. The first-order valence-corrected chi connectivity index (χ1v) is 4.45. The highest BCUT2D eigenvalue weighted by atomic mass is 16.7. The number of aromatic amines is 1. The molecule has 0 aromatic carbocycles. The molecule has 0 aliphatic carbocycles. The Kier molecular flexibility index (Phi) is 2.39. The van der Waals surface area contributed by atoms with Crippen molar-refractivity contribution in [3.05, 3.63) is 36.3 Å². The van der Waals surface area contributed by atoms with Gasteiger partial charge in [-0.1, -0.05) is 5.43 Å². The maximum Gasteiger partial charge on any atom is 0.357 e. The lowest BCUT2D eigenvalue weighted by atomic mass is 10.4. The molecule has 12 heteroatoms. The first-order chi connectivity index (χ1) is 8.40. The highest BCUT2D eigenvalue weighted by Crippen LogP contribution is 2.10. The van der Waals surface area contributed by atoms with Crippen molar-refractivity contribution in [3.63, 3.8) is 0 Å². The Labute approximate surface area is 96.5 Å². The largest absolute Gasteiger partial charge is 0.357 e. The van der Waals surface area contributed by atoms with Gasteiger partial charge in [0.1, 0.15) is 5.69 Å². The Morgan fingerprint density at radius 1 is 1.33 bits per heavy atom. The molecule has 0 bridgehead atoms. The minimum absolute atomic E-state index is 0.121. The lowest BCUT2D eigenvalue weighted by Gasteiger charge is -1.95. The van der Waals surface area contributed by atoms with Crippen LogP contribution in [0.3, 0.4) is 0 Å². The van der Waals surface area contributed by atoms with Crippen LogP contribution in [0.2, 0.25) is 0 Å². The molecule has 0 spiro atoms.